The van der Waals surface area contributed by atoms with Crippen LogP contribution in [-0.2, 0) is 28.0 Å². The Bertz CT molecular complexity index is 1960. The average Bonchev–Trinajstić information content (AvgIpc) is 3.61. The zero-order valence-corrected chi connectivity index (χ0v) is 29.4. The third-order valence-electron chi connectivity index (χ3n) is 10.3. The van der Waals surface area contributed by atoms with Gasteiger partial charge in [-0.3, -0.25) is 39.4 Å². The SMILES string of the molecule is Cn1cc(-c2cc(Cl)c(CN3CCN(C(=O)CN4CCC(c5ccc(NC6CCC(=O)NC6=O)cc5)CC4)CC3)c(Cl)c2)c2cn[nH]c2c1=O. The van der Waals surface area contributed by atoms with Crippen molar-refractivity contribution >= 4 is 57.5 Å². The van der Waals surface area contributed by atoms with E-state index in [1.807, 2.05) is 29.2 Å². The van der Waals surface area contributed by atoms with E-state index in [0.29, 0.717) is 65.9 Å². The number of nitrogens with zero attached hydrogens (tertiary/aromatic N) is 5. The summed E-state index contributed by atoms with van der Waals surface area (Å²) in [4.78, 5) is 55.7. The number of aromatic nitrogens is 3. The Morgan fingerprint density at radius 3 is 2.32 bits per heavy atom. The Labute approximate surface area is 299 Å². The van der Waals surface area contributed by atoms with Gasteiger partial charge >= 0.3 is 0 Å². The zero-order valence-electron chi connectivity index (χ0n) is 27.9. The molecule has 0 radical (unpaired) electrons. The summed E-state index contributed by atoms with van der Waals surface area (Å²) >= 11 is 13.6. The molecule has 7 rings (SSSR count). The molecule has 3 aliphatic rings. The number of halogens is 2. The third-order valence-corrected chi connectivity index (χ3v) is 10.9. The lowest BCUT2D eigenvalue weighted by molar-refractivity contribution is -0.135. The smallest absolute Gasteiger partial charge is 0.276 e. The molecule has 3 N–H and O–H groups in total. The molecule has 1 atom stereocenters. The number of fused-ring (bicyclic) bond motifs is 1. The van der Waals surface area contributed by atoms with Gasteiger partial charge in [0.15, 0.2) is 0 Å². The molecule has 0 bridgehead atoms. The van der Waals surface area contributed by atoms with E-state index in [2.05, 4.69) is 42.8 Å². The molecule has 2 aromatic carbocycles. The molecule has 12 nitrogen and oxygen atoms in total. The number of imide groups is 1. The number of benzene rings is 2. The minimum Gasteiger partial charge on any atom is -0.374 e. The molecule has 3 saturated heterocycles. The van der Waals surface area contributed by atoms with Crippen molar-refractivity contribution in [3.8, 4) is 11.1 Å². The first-order chi connectivity index (χ1) is 24.1. The Morgan fingerprint density at radius 2 is 1.64 bits per heavy atom. The molecule has 262 valence electrons. The van der Waals surface area contributed by atoms with Gasteiger partial charge in [-0.1, -0.05) is 35.3 Å². The Morgan fingerprint density at radius 1 is 0.940 bits per heavy atom. The first kappa shape index (κ1) is 34.2. The van der Waals surface area contributed by atoms with Gasteiger partial charge in [0.25, 0.3) is 5.56 Å². The molecule has 14 heteroatoms. The molecule has 0 aliphatic carbocycles. The number of piperidine rings is 2. The molecule has 5 heterocycles. The molecule has 2 aromatic heterocycles. The number of carbonyl (C=O) groups is 3. The molecular formula is C36H40Cl2N8O4. The van der Waals surface area contributed by atoms with Gasteiger partial charge in [0.1, 0.15) is 11.6 Å². The molecule has 4 aromatic rings. The predicted molar refractivity (Wildman–Crippen MR) is 193 cm³/mol. The van der Waals surface area contributed by atoms with Gasteiger partial charge in [0.05, 0.1) is 12.7 Å². The van der Waals surface area contributed by atoms with Crippen LogP contribution in [0.15, 0.2) is 53.6 Å². The van der Waals surface area contributed by atoms with E-state index in [1.165, 1.54) is 10.1 Å². The number of H-pyrrole nitrogens is 1. The predicted octanol–water partition coefficient (Wildman–Crippen LogP) is 3.98. The number of hydrogen-bond acceptors (Lipinski definition) is 8. The molecule has 3 amide bonds. The van der Waals surface area contributed by atoms with E-state index in [4.69, 9.17) is 23.2 Å². The Kier molecular flexibility index (Phi) is 9.96. The number of likely N-dealkylation sites (tertiary alicyclic amines) is 1. The largest absolute Gasteiger partial charge is 0.374 e. The zero-order chi connectivity index (χ0) is 34.9. The molecule has 0 spiro atoms. The summed E-state index contributed by atoms with van der Waals surface area (Å²) in [7, 11) is 1.70. The Balaban J connectivity index is 0.874. The molecule has 50 heavy (non-hydrogen) atoms. The molecule has 3 aliphatic heterocycles. The number of hydrogen-bond donors (Lipinski definition) is 3. The van der Waals surface area contributed by atoms with Gasteiger partial charge in [-0.15, -0.1) is 0 Å². The van der Waals surface area contributed by atoms with E-state index in [-0.39, 0.29) is 23.3 Å². The molecule has 1 unspecified atom stereocenters. The Hall–Kier alpha value is -4.23. The van der Waals surface area contributed by atoms with Crippen LogP contribution in [0.4, 0.5) is 5.69 Å². The van der Waals surface area contributed by atoms with Gasteiger partial charge in [-0.05, 0) is 73.7 Å². The van der Waals surface area contributed by atoms with E-state index in [9.17, 15) is 19.2 Å². The fourth-order valence-corrected chi connectivity index (χ4v) is 7.88. The quantitative estimate of drug-likeness (QED) is 0.233. The van der Waals surface area contributed by atoms with Crippen LogP contribution in [0.3, 0.4) is 0 Å². The van der Waals surface area contributed by atoms with Crippen LogP contribution in [0, 0.1) is 0 Å². The fraction of sp³-hybridized carbons (Fsp3) is 0.417. The standard InChI is InChI=1S/C36H40Cl2N8O4/c1-43-19-27(26-18-39-42-34(26)36(43)50)24-16-29(37)28(30(38)17-24)20-45-12-14-46(15-13-45)33(48)21-44-10-8-23(9-11-44)22-2-4-25(5-3-22)40-31-6-7-32(47)41-35(31)49/h2-5,16-19,23,31,40H,6-15,20-21H2,1H3,(H,39,42)(H,41,47,49). The van der Waals surface area contributed by atoms with Crippen LogP contribution in [-0.4, -0.2) is 99.0 Å². The third kappa shape index (κ3) is 7.29. The summed E-state index contributed by atoms with van der Waals surface area (Å²) in [6.45, 7) is 5.50. The number of rotatable bonds is 8. The van der Waals surface area contributed by atoms with Crippen LogP contribution in [0.25, 0.3) is 22.0 Å². The number of anilines is 1. The minimum atomic E-state index is -0.396. The van der Waals surface area contributed by atoms with E-state index in [0.717, 1.165) is 61.4 Å². The van der Waals surface area contributed by atoms with Gasteiger partial charge in [-0.25, -0.2) is 0 Å². The lowest BCUT2D eigenvalue weighted by Crippen LogP contribution is -2.51. The number of pyridine rings is 1. The molecular weight excluding hydrogens is 679 g/mol. The van der Waals surface area contributed by atoms with Gasteiger partial charge in [0.2, 0.25) is 17.7 Å². The lowest BCUT2D eigenvalue weighted by Gasteiger charge is -2.37. The van der Waals surface area contributed by atoms with Crippen LogP contribution in [0.1, 0.15) is 42.7 Å². The topological polar surface area (TPSA) is 136 Å². The second kappa shape index (κ2) is 14.6. The van der Waals surface area contributed by atoms with Crippen molar-refractivity contribution in [1.82, 2.24) is 34.8 Å². The minimum absolute atomic E-state index is 0.153. The second-order valence-corrected chi connectivity index (χ2v) is 14.3. The number of piperazine rings is 1. The lowest BCUT2D eigenvalue weighted by atomic mass is 9.89. The maximum absolute atomic E-state index is 13.3. The highest BCUT2D eigenvalue weighted by molar-refractivity contribution is 6.36. The van der Waals surface area contributed by atoms with Crippen molar-refractivity contribution in [2.45, 2.75) is 44.2 Å². The average molecular weight is 720 g/mol. The summed E-state index contributed by atoms with van der Waals surface area (Å²) in [6.07, 6.45) is 6.21. The molecule has 0 saturated carbocycles. The summed E-state index contributed by atoms with van der Waals surface area (Å²) in [5.41, 5.74) is 4.87. The highest BCUT2D eigenvalue weighted by Gasteiger charge is 2.28. The number of carbonyl (C=O) groups excluding carboxylic acids is 3. The van der Waals surface area contributed by atoms with E-state index >= 15 is 0 Å². The highest BCUT2D eigenvalue weighted by Crippen LogP contribution is 2.35. The van der Waals surface area contributed by atoms with Crippen LogP contribution < -0.4 is 16.2 Å². The summed E-state index contributed by atoms with van der Waals surface area (Å²) in [5.74, 6) is 0.0944. The van der Waals surface area contributed by atoms with E-state index in [1.54, 1.807) is 19.4 Å². The summed E-state index contributed by atoms with van der Waals surface area (Å²) < 4.78 is 1.52. The van der Waals surface area contributed by atoms with Crippen molar-refractivity contribution in [2.24, 2.45) is 7.05 Å². The summed E-state index contributed by atoms with van der Waals surface area (Å²) in [6, 6.07) is 11.6. The molecule has 3 fully saturated rings. The van der Waals surface area contributed by atoms with E-state index < -0.39 is 6.04 Å². The van der Waals surface area contributed by atoms with Crippen LogP contribution in [0.2, 0.25) is 10.0 Å². The van der Waals surface area contributed by atoms with Crippen molar-refractivity contribution in [1.29, 1.82) is 0 Å². The number of nitrogens with one attached hydrogen (secondary N) is 3. The maximum atomic E-state index is 13.3. The van der Waals surface area contributed by atoms with Crippen molar-refractivity contribution in [2.75, 3.05) is 51.1 Å². The van der Waals surface area contributed by atoms with Gasteiger partial charge in [0, 0.05) is 84.6 Å². The first-order valence-electron chi connectivity index (χ1n) is 17.1. The normalized spacial score (nSPS) is 19.6. The van der Waals surface area contributed by atoms with Gasteiger partial charge in [-0.2, -0.15) is 5.10 Å². The fourth-order valence-electron chi connectivity index (χ4n) is 7.27. The number of aryl methyl sites for hydroxylation is 1. The van der Waals surface area contributed by atoms with Crippen LogP contribution in [0.5, 0.6) is 0 Å². The summed E-state index contributed by atoms with van der Waals surface area (Å²) in [5, 5.41) is 14.3. The maximum Gasteiger partial charge on any atom is 0.276 e. The van der Waals surface area contributed by atoms with Crippen molar-refractivity contribution in [3.63, 3.8) is 0 Å². The highest BCUT2D eigenvalue weighted by atomic mass is 35.5. The monoisotopic (exact) mass is 718 g/mol. The second-order valence-electron chi connectivity index (χ2n) is 13.5. The number of aromatic amines is 1. The van der Waals surface area contributed by atoms with Crippen molar-refractivity contribution < 1.29 is 14.4 Å². The number of amides is 3. The van der Waals surface area contributed by atoms with Crippen LogP contribution >= 0.6 is 23.2 Å². The van der Waals surface area contributed by atoms with Gasteiger partial charge < -0.3 is 14.8 Å². The first-order valence-corrected chi connectivity index (χ1v) is 17.8. The van der Waals surface area contributed by atoms with Crippen molar-refractivity contribution in [3.05, 3.63) is 80.3 Å².